The van der Waals surface area contributed by atoms with Crippen molar-refractivity contribution in [2.24, 2.45) is 16.3 Å². The molecule has 0 aliphatic carbocycles. The molecule has 1 unspecified atom stereocenters. The Hall–Kier alpha value is -0.810. The molecule has 0 bridgehead atoms. The monoisotopic (exact) mass is 282 g/mol. The molecule has 2 aliphatic rings. The third kappa shape index (κ3) is 3.85. The second-order valence-corrected chi connectivity index (χ2v) is 6.96. The molecule has 0 amide bonds. The highest BCUT2D eigenvalue weighted by atomic mass is 16.4. The molecule has 2 rings (SSSR count). The van der Waals surface area contributed by atoms with Gasteiger partial charge in [0.2, 0.25) is 0 Å². The highest BCUT2D eigenvalue weighted by molar-refractivity contribution is 5.85. The average Bonchev–Trinajstić information content (AvgIpc) is 3.07. The van der Waals surface area contributed by atoms with Crippen LogP contribution >= 0.6 is 0 Å². The fourth-order valence-corrected chi connectivity index (χ4v) is 3.43. The van der Waals surface area contributed by atoms with E-state index in [9.17, 15) is 0 Å². The summed E-state index contributed by atoms with van der Waals surface area (Å²) in [6.45, 7) is 10.3. The van der Waals surface area contributed by atoms with Crippen LogP contribution in [-0.2, 0) is 0 Å². The molecule has 5 heteroatoms. The molecule has 0 radical (unpaired) electrons. The van der Waals surface area contributed by atoms with Gasteiger partial charge < -0.3 is 15.8 Å². The van der Waals surface area contributed by atoms with Crippen LogP contribution in [0.25, 0.3) is 0 Å². The van der Waals surface area contributed by atoms with Gasteiger partial charge >= 0.3 is 0 Å². The van der Waals surface area contributed by atoms with Crippen molar-refractivity contribution in [2.45, 2.75) is 52.0 Å². The Morgan fingerprint density at radius 1 is 1.30 bits per heavy atom. The zero-order valence-corrected chi connectivity index (χ0v) is 13.0. The molecular weight excluding hydrogens is 252 g/mol. The summed E-state index contributed by atoms with van der Waals surface area (Å²) in [6, 6.07) is 0.787. The van der Waals surface area contributed by atoms with Crippen LogP contribution in [-0.4, -0.2) is 59.6 Å². The molecule has 0 aromatic carbocycles. The number of rotatable bonds is 6. The van der Waals surface area contributed by atoms with Gasteiger partial charge in [0.15, 0.2) is 0 Å². The Bertz CT molecular complexity index is 337. The van der Waals surface area contributed by atoms with Gasteiger partial charge in [-0.2, -0.15) is 0 Å². The second-order valence-electron chi connectivity index (χ2n) is 6.96. The molecule has 1 atom stereocenters. The van der Waals surface area contributed by atoms with Crippen LogP contribution < -0.4 is 5.73 Å². The summed E-state index contributed by atoms with van der Waals surface area (Å²) < 4.78 is 0. The Morgan fingerprint density at radius 3 is 2.65 bits per heavy atom. The topological polar surface area (TPSA) is 65.1 Å². The number of nitrogens with two attached hydrogens (primary N) is 1. The number of oxime groups is 1. The maximum absolute atomic E-state index is 8.78. The van der Waals surface area contributed by atoms with Gasteiger partial charge in [-0.3, -0.25) is 4.90 Å². The van der Waals surface area contributed by atoms with E-state index in [-0.39, 0.29) is 5.41 Å². The predicted molar refractivity (Wildman–Crippen MR) is 82.1 cm³/mol. The minimum atomic E-state index is -0.206. The third-order valence-electron chi connectivity index (χ3n) is 4.98. The zero-order chi connectivity index (χ0) is 14.6. The smallest absolute Gasteiger partial charge is 0.144 e. The zero-order valence-electron chi connectivity index (χ0n) is 13.0. The minimum absolute atomic E-state index is 0.206. The Balaban J connectivity index is 1.68. The lowest BCUT2D eigenvalue weighted by Gasteiger charge is -2.25. The van der Waals surface area contributed by atoms with Gasteiger partial charge in [0.1, 0.15) is 5.84 Å². The van der Waals surface area contributed by atoms with E-state index in [0.29, 0.717) is 5.84 Å². The van der Waals surface area contributed by atoms with Gasteiger partial charge in [-0.05, 0) is 58.3 Å². The first-order valence-electron chi connectivity index (χ1n) is 7.97. The lowest BCUT2D eigenvalue weighted by Crippen LogP contribution is -2.36. The second kappa shape index (κ2) is 6.76. The van der Waals surface area contributed by atoms with Crippen LogP contribution in [0.2, 0.25) is 0 Å². The summed E-state index contributed by atoms with van der Waals surface area (Å²) in [5.41, 5.74) is 5.52. The highest BCUT2D eigenvalue weighted by Gasteiger charge is 2.29. The Kier molecular flexibility index (Phi) is 5.27. The van der Waals surface area contributed by atoms with Gasteiger partial charge in [0.05, 0.1) is 0 Å². The molecular formula is C15H30N4O. The average molecular weight is 282 g/mol. The lowest BCUT2D eigenvalue weighted by molar-refractivity contribution is 0.228. The molecule has 3 N–H and O–H groups in total. The maximum atomic E-state index is 8.78. The number of nitrogens with zero attached hydrogens (tertiary/aromatic N) is 3. The number of hydrogen-bond donors (Lipinski definition) is 2. The van der Waals surface area contributed by atoms with Crippen LogP contribution in [0.3, 0.4) is 0 Å². The Morgan fingerprint density at radius 2 is 2.00 bits per heavy atom. The summed E-state index contributed by atoms with van der Waals surface area (Å²) in [6.07, 6.45) is 6.16. The standard InChI is InChI=1S/C15H30N4O/c1-15(2,14(16)17-20)7-5-8-18-11-6-13(12-18)19-9-3-4-10-19/h13,20H,3-12H2,1-2H3,(H2,16,17). The molecule has 0 saturated carbocycles. The van der Waals surface area contributed by atoms with Crippen molar-refractivity contribution in [3.63, 3.8) is 0 Å². The van der Waals surface area contributed by atoms with E-state index in [0.717, 1.165) is 25.4 Å². The molecule has 2 fully saturated rings. The molecule has 2 aliphatic heterocycles. The molecule has 0 aromatic heterocycles. The minimum Gasteiger partial charge on any atom is -0.409 e. The van der Waals surface area contributed by atoms with Crippen LogP contribution in [0.15, 0.2) is 5.16 Å². The van der Waals surface area contributed by atoms with Crippen LogP contribution in [0.4, 0.5) is 0 Å². The first kappa shape index (κ1) is 15.6. The van der Waals surface area contributed by atoms with Gasteiger partial charge in [-0.15, -0.1) is 0 Å². The van der Waals surface area contributed by atoms with Crippen molar-refractivity contribution < 1.29 is 5.21 Å². The summed E-state index contributed by atoms with van der Waals surface area (Å²) in [7, 11) is 0. The van der Waals surface area contributed by atoms with E-state index in [4.69, 9.17) is 10.9 Å². The molecule has 5 nitrogen and oxygen atoms in total. The van der Waals surface area contributed by atoms with Crippen molar-refractivity contribution in [2.75, 3.05) is 32.7 Å². The molecule has 0 spiro atoms. The molecule has 0 aromatic rings. The van der Waals surface area contributed by atoms with E-state index in [1.807, 2.05) is 13.8 Å². The molecule has 2 saturated heterocycles. The van der Waals surface area contributed by atoms with E-state index in [1.54, 1.807) is 0 Å². The summed E-state index contributed by atoms with van der Waals surface area (Å²) in [5, 5.41) is 11.9. The maximum Gasteiger partial charge on any atom is 0.144 e. The van der Waals surface area contributed by atoms with Crippen LogP contribution in [0, 0.1) is 5.41 Å². The van der Waals surface area contributed by atoms with E-state index in [2.05, 4.69) is 15.0 Å². The first-order chi connectivity index (χ1) is 9.53. The highest BCUT2D eigenvalue weighted by Crippen LogP contribution is 2.24. The lowest BCUT2D eigenvalue weighted by atomic mass is 9.86. The Labute approximate surface area is 122 Å². The molecule has 116 valence electrons. The van der Waals surface area contributed by atoms with Crippen molar-refractivity contribution in [1.29, 1.82) is 0 Å². The number of hydrogen-bond acceptors (Lipinski definition) is 4. The van der Waals surface area contributed by atoms with Crippen molar-refractivity contribution >= 4 is 5.84 Å². The SMILES string of the molecule is CC(C)(CCCN1CCC(N2CCCC2)C1)C(N)=NO. The van der Waals surface area contributed by atoms with Crippen LogP contribution in [0.5, 0.6) is 0 Å². The fraction of sp³-hybridized carbons (Fsp3) is 0.933. The van der Waals surface area contributed by atoms with E-state index >= 15 is 0 Å². The summed E-state index contributed by atoms with van der Waals surface area (Å²) >= 11 is 0. The van der Waals surface area contributed by atoms with Crippen molar-refractivity contribution in [1.82, 2.24) is 9.80 Å². The van der Waals surface area contributed by atoms with Gasteiger partial charge in [-0.25, -0.2) is 0 Å². The normalized spacial score (nSPS) is 26.5. The van der Waals surface area contributed by atoms with Gasteiger partial charge in [-0.1, -0.05) is 19.0 Å². The van der Waals surface area contributed by atoms with E-state index in [1.165, 1.54) is 45.4 Å². The summed E-state index contributed by atoms with van der Waals surface area (Å²) in [4.78, 5) is 5.24. The quantitative estimate of drug-likeness (QED) is 0.337. The number of amidine groups is 1. The van der Waals surface area contributed by atoms with Crippen LogP contribution in [0.1, 0.15) is 46.0 Å². The number of likely N-dealkylation sites (tertiary alicyclic amines) is 2. The molecule has 20 heavy (non-hydrogen) atoms. The largest absolute Gasteiger partial charge is 0.409 e. The van der Waals surface area contributed by atoms with Crippen molar-refractivity contribution in [3.05, 3.63) is 0 Å². The van der Waals surface area contributed by atoms with Crippen molar-refractivity contribution in [3.8, 4) is 0 Å². The van der Waals surface area contributed by atoms with Gasteiger partial charge in [0, 0.05) is 18.0 Å². The third-order valence-corrected chi connectivity index (χ3v) is 4.98. The van der Waals surface area contributed by atoms with Gasteiger partial charge in [0.25, 0.3) is 0 Å². The predicted octanol–water partition coefficient (Wildman–Crippen LogP) is 1.71. The van der Waals surface area contributed by atoms with E-state index < -0.39 is 0 Å². The molecule has 2 heterocycles. The summed E-state index contributed by atoms with van der Waals surface area (Å²) in [5.74, 6) is 0.342. The fourth-order valence-electron chi connectivity index (χ4n) is 3.43. The first-order valence-corrected chi connectivity index (χ1v) is 7.97.